The summed E-state index contributed by atoms with van der Waals surface area (Å²) in [6.45, 7) is 44.1. The van der Waals surface area contributed by atoms with Crippen LogP contribution >= 0.6 is 0 Å². The van der Waals surface area contributed by atoms with Gasteiger partial charge >= 0.3 is 36.4 Å². The minimum atomic E-state index is -1.03. The molecule has 0 aliphatic heterocycles. The van der Waals surface area contributed by atoms with E-state index in [1.807, 2.05) is 262 Å². The predicted molar refractivity (Wildman–Crippen MR) is 495 cm³/mol. The van der Waals surface area contributed by atoms with E-state index in [1.54, 1.807) is 101 Å². The molecule has 4 unspecified atom stereocenters. The molecule has 0 aliphatic rings. The van der Waals surface area contributed by atoms with E-state index in [1.165, 1.54) is 14.7 Å². The Morgan fingerprint density at radius 1 is 0.348 bits per heavy atom. The lowest BCUT2D eigenvalue weighted by atomic mass is 9.95. The number of nitrogens with one attached hydrogen (secondary N) is 3. The first-order chi connectivity index (χ1) is 62.1. The SMILES string of the molecule is CC.CC.CC(C)(C)OC(=O)NC(CCC(=O)O)c1nnc(-c2ccc(NC(=O)C(C)(C)C)cc2)nn1.CC(NC(=O)OC(C)(C)C)c1nnc(-c2ccccc2)nn1.CC(c1nnc(-c2ccccc2)nn1)N(C)C(=O)OC(C)(C)C.CN(C(=O)OC(C)(C)C)C(c1ccccc1)c1nnc(-c2ccccc2)nn1.CN(Cc1nnc(-c2ccccc2)nn1)C(=O)OC(C)(C)C. The van der Waals surface area contributed by atoms with Gasteiger partial charge in [0.2, 0.25) is 40.9 Å². The molecule has 11 aromatic rings. The maximum absolute atomic E-state index is 12.6. The summed E-state index contributed by atoms with van der Waals surface area (Å²) in [6, 6.07) is 52.0. The Morgan fingerprint density at radius 2 is 0.652 bits per heavy atom. The highest BCUT2D eigenvalue weighted by Crippen LogP contribution is 2.29. The zero-order chi connectivity index (χ0) is 98.3. The number of ether oxygens (including phenoxy) is 5. The van der Waals surface area contributed by atoms with Crippen molar-refractivity contribution in [2.24, 2.45) is 5.41 Å². The third-order valence-electron chi connectivity index (χ3n) is 16.6. The molecule has 0 spiro atoms. The maximum atomic E-state index is 12.6. The number of hydrogen-bond donors (Lipinski definition) is 4. The molecule has 0 bridgehead atoms. The quantitative estimate of drug-likeness (QED) is 0.0515. The Morgan fingerprint density at radius 3 is 1.00 bits per heavy atom. The number of carboxylic acid groups (broad SMARTS) is 1. The monoisotopic (exact) mass is 1810 g/mol. The van der Waals surface area contributed by atoms with Gasteiger partial charge in [-0.2, -0.15) is 0 Å². The fourth-order valence-corrected chi connectivity index (χ4v) is 10.2. The molecule has 4 N–H and O–H groups in total. The average molecular weight is 1810 g/mol. The minimum Gasteiger partial charge on any atom is -0.481 e. The summed E-state index contributed by atoms with van der Waals surface area (Å²) in [5.41, 5.74) is 1.93. The van der Waals surface area contributed by atoms with Gasteiger partial charge in [-0.3, -0.25) is 14.5 Å². The van der Waals surface area contributed by atoms with E-state index < -0.39 is 94.0 Å². The largest absolute Gasteiger partial charge is 0.481 e. The molecule has 0 saturated heterocycles. The molecule has 704 valence electrons. The van der Waals surface area contributed by atoms with Gasteiger partial charge in [0.25, 0.3) is 0 Å². The summed E-state index contributed by atoms with van der Waals surface area (Å²) in [5, 5.41) is 98.7. The van der Waals surface area contributed by atoms with Crippen LogP contribution in [0.3, 0.4) is 0 Å². The smallest absolute Gasteiger partial charge is 0.410 e. The van der Waals surface area contributed by atoms with Crippen LogP contribution in [-0.2, 0) is 39.8 Å². The molecule has 132 heavy (non-hydrogen) atoms. The molecule has 11 rings (SSSR count). The normalized spacial score (nSPS) is 12.0. The van der Waals surface area contributed by atoms with Gasteiger partial charge in [-0.05, 0) is 154 Å². The Bertz CT molecular complexity index is 5330. The van der Waals surface area contributed by atoms with Crippen LogP contribution in [0.2, 0.25) is 0 Å². The van der Waals surface area contributed by atoms with Crippen LogP contribution in [0, 0.1) is 5.41 Å². The van der Waals surface area contributed by atoms with E-state index >= 15 is 0 Å². The van der Waals surface area contributed by atoms with Crippen molar-refractivity contribution in [2.45, 2.75) is 238 Å². The van der Waals surface area contributed by atoms with Crippen LogP contribution in [-0.4, -0.2) is 213 Å². The summed E-state index contributed by atoms with van der Waals surface area (Å²) in [6.07, 6.45) is -2.79. The van der Waals surface area contributed by atoms with Gasteiger partial charge in [0.05, 0.1) is 24.7 Å². The van der Waals surface area contributed by atoms with Crippen molar-refractivity contribution in [2.75, 3.05) is 26.5 Å². The summed E-state index contributed by atoms with van der Waals surface area (Å²) in [5.74, 6) is 2.29. The van der Waals surface area contributed by atoms with Crippen molar-refractivity contribution in [1.29, 1.82) is 0 Å². The average Bonchev–Trinajstić information content (AvgIpc) is 0.813. The summed E-state index contributed by atoms with van der Waals surface area (Å²) < 4.78 is 26.5. The Kier molecular flexibility index (Phi) is 41.6. The van der Waals surface area contributed by atoms with Crippen molar-refractivity contribution < 1.29 is 62.4 Å². The van der Waals surface area contributed by atoms with Crippen LogP contribution in [0.1, 0.15) is 238 Å². The van der Waals surface area contributed by atoms with Gasteiger partial charge in [-0.15, -0.1) is 102 Å². The van der Waals surface area contributed by atoms with Gasteiger partial charge < -0.3 is 54.5 Å². The second-order valence-electron chi connectivity index (χ2n) is 34.7. The number of carboxylic acids is 1. The van der Waals surface area contributed by atoms with Crippen molar-refractivity contribution >= 4 is 48.0 Å². The van der Waals surface area contributed by atoms with E-state index in [9.17, 15) is 33.6 Å². The highest BCUT2D eigenvalue weighted by molar-refractivity contribution is 5.94. The molecule has 0 radical (unpaired) electrons. The number of hydrogen-bond acceptors (Lipinski definition) is 32. The van der Waals surface area contributed by atoms with E-state index in [0.717, 1.165) is 27.8 Å². The van der Waals surface area contributed by atoms with Crippen LogP contribution in [0.25, 0.3) is 56.9 Å². The first-order valence-corrected chi connectivity index (χ1v) is 42.7. The molecule has 0 fully saturated rings. The minimum absolute atomic E-state index is 0.0411. The topological polar surface area (TPSA) is 489 Å². The second-order valence-corrected chi connectivity index (χ2v) is 34.7. The maximum Gasteiger partial charge on any atom is 0.410 e. The van der Waals surface area contributed by atoms with Crippen molar-refractivity contribution in [3.8, 4) is 56.9 Å². The number of nitrogens with zero attached hydrogens (tertiary/aromatic N) is 23. The van der Waals surface area contributed by atoms with Gasteiger partial charge in [0, 0.05) is 66.5 Å². The Labute approximate surface area is 771 Å². The molecule has 39 nitrogen and oxygen atoms in total. The van der Waals surface area contributed by atoms with Gasteiger partial charge in [0.1, 0.15) is 34.0 Å². The van der Waals surface area contributed by atoms with Crippen molar-refractivity contribution in [3.05, 3.63) is 211 Å². The molecule has 5 aromatic heterocycles. The van der Waals surface area contributed by atoms with Gasteiger partial charge in [-0.25, -0.2) is 24.0 Å². The lowest BCUT2D eigenvalue weighted by Gasteiger charge is -2.29. The van der Waals surface area contributed by atoms with E-state index in [2.05, 4.69) is 118 Å². The molecule has 4 atom stereocenters. The second kappa shape index (κ2) is 50.9. The third-order valence-corrected chi connectivity index (χ3v) is 16.6. The van der Waals surface area contributed by atoms with Crippen LogP contribution in [0.15, 0.2) is 176 Å². The fourth-order valence-electron chi connectivity index (χ4n) is 10.2. The molecule has 39 heteroatoms. The van der Waals surface area contributed by atoms with E-state index in [4.69, 9.17) is 28.8 Å². The molecular formula is C93H124N26O13. The fraction of sp³-hybridized carbons (Fsp3) is 0.430. The third kappa shape index (κ3) is 38.7. The predicted octanol–water partition coefficient (Wildman–Crippen LogP) is 17.0. The lowest BCUT2D eigenvalue weighted by Crippen LogP contribution is -2.38. The number of anilines is 1. The highest BCUT2D eigenvalue weighted by Gasteiger charge is 2.33. The summed E-state index contributed by atoms with van der Waals surface area (Å²) in [7, 11) is 4.90. The van der Waals surface area contributed by atoms with E-state index in [-0.39, 0.29) is 36.9 Å². The first kappa shape index (κ1) is 108. The number of amides is 6. The molecule has 6 aromatic carbocycles. The number of aliphatic carboxylic acids is 1. The number of carbonyl (C=O) groups is 7. The Balaban J connectivity index is 0.000000291. The van der Waals surface area contributed by atoms with Crippen LogP contribution < -0.4 is 16.0 Å². The molecule has 5 heterocycles. The zero-order valence-electron chi connectivity index (χ0n) is 80.3. The number of carbonyl (C=O) groups excluding carboxylic acids is 6. The van der Waals surface area contributed by atoms with Crippen LogP contribution in [0.5, 0.6) is 0 Å². The van der Waals surface area contributed by atoms with Gasteiger partial charge in [0.15, 0.2) is 23.3 Å². The first-order valence-electron chi connectivity index (χ1n) is 42.7. The van der Waals surface area contributed by atoms with Crippen molar-refractivity contribution in [1.82, 2.24) is 127 Å². The Hall–Kier alpha value is -14.7. The summed E-state index contributed by atoms with van der Waals surface area (Å²) >= 11 is 0. The van der Waals surface area contributed by atoms with Crippen LogP contribution in [0.4, 0.5) is 29.7 Å². The standard InChI is InChI=1S/C22H30N6O5.C21H23N5O2.C16H21N5O2.2C15H19N5O2.2C2H6/c1-21(2,3)19(31)23-14-9-7-13(8-10-14)17-25-27-18(28-26-17)15(11-12-16(29)30)24-20(32)33-22(4,5)6;1-21(2,3)28-20(27)26(4)17(15-11-7-5-8-12-15)19-24-22-18(23-25-19)16-13-9-6-10-14-16;1-11(21(5)15(22)23-16(2,3)4)13-17-19-14(20-18-13)12-9-7-6-8-10-12;1-15(2,3)22-14(21)20(4)10-12-16-18-13(19-17-12)11-8-6-5-7-9-11;1-10(16-14(21)22-15(2,3)4)12-17-19-13(20-18-12)11-8-6-5-7-9-11;2*1-2/h7-10,15H,11-12H2,1-6H3,(H,23,31)(H,24,32)(H,29,30);5-14,17H,1-4H3;6-11H,1-5H3;5-9H,10H2,1-4H3;5-10H,1-4H3,(H,16,21);2*1-2H3. The van der Waals surface area contributed by atoms with E-state index in [0.29, 0.717) is 57.8 Å². The number of benzene rings is 6. The molecule has 6 amide bonds. The zero-order valence-corrected chi connectivity index (χ0v) is 80.3. The summed E-state index contributed by atoms with van der Waals surface area (Å²) in [4.78, 5) is 87.8. The molecule has 0 saturated carbocycles. The number of alkyl carbamates (subject to hydrolysis) is 2. The van der Waals surface area contributed by atoms with Crippen molar-refractivity contribution in [3.63, 3.8) is 0 Å². The highest BCUT2D eigenvalue weighted by atomic mass is 16.6. The number of rotatable bonds is 20. The lowest BCUT2D eigenvalue weighted by molar-refractivity contribution is -0.137. The molecular weight excluding hydrogens is 1690 g/mol. The number of aromatic nitrogens is 20. The molecule has 0 aliphatic carbocycles. The van der Waals surface area contributed by atoms with Gasteiger partial charge in [-0.1, -0.05) is 200 Å².